The van der Waals surface area contributed by atoms with E-state index in [0.29, 0.717) is 6.61 Å². The molecule has 2 nitrogen and oxygen atoms in total. The fraction of sp³-hybridized carbons (Fsp3) is 0.333. The van der Waals surface area contributed by atoms with Crippen LogP contribution in [0.4, 0.5) is 0 Å². The zero-order chi connectivity index (χ0) is 10.1. The van der Waals surface area contributed by atoms with E-state index in [4.69, 9.17) is 9.84 Å². The molecule has 0 saturated heterocycles. The lowest BCUT2D eigenvalue weighted by atomic mass is 10.2. The van der Waals surface area contributed by atoms with Crippen molar-refractivity contribution in [3.05, 3.63) is 42.2 Å². The van der Waals surface area contributed by atoms with Crippen molar-refractivity contribution in [3.8, 4) is 0 Å². The number of aliphatic hydroxyl groups is 1. The molecular weight excluding hydrogens is 176 g/mol. The first kappa shape index (κ1) is 10.8. The first-order valence-electron chi connectivity index (χ1n) is 4.87. The van der Waals surface area contributed by atoms with Crippen LogP contribution in [-0.4, -0.2) is 18.3 Å². The van der Waals surface area contributed by atoms with Crippen LogP contribution in [0, 0.1) is 0 Å². The molecule has 0 fully saturated rings. The summed E-state index contributed by atoms with van der Waals surface area (Å²) in [5.74, 6) is 0. The molecular formula is C12H16O2. The summed E-state index contributed by atoms with van der Waals surface area (Å²) in [4.78, 5) is 0. The molecule has 0 saturated carbocycles. The maximum absolute atomic E-state index is 8.53. The minimum absolute atomic E-state index is 0.242. The third-order valence-corrected chi connectivity index (χ3v) is 1.83. The maximum Gasteiger partial charge on any atom is 0.0874 e. The standard InChI is InChI=1S/C12H16O2/c13-9-4-5-10-14-11-8-12-6-2-1-3-7-12/h1-3,6-8,11,13H,4-5,9-10H2. The van der Waals surface area contributed by atoms with Gasteiger partial charge in [-0.1, -0.05) is 30.3 Å². The molecule has 0 aliphatic rings. The Morgan fingerprint density at radius 1 is 1.14 bits per heavy atom. The van der Waals surface area contributed by atoms with E-state index in [2.05, 4.69) is 0 Å². The minimum atomic E-state index is 0.242. The largest absolute Gasteiger partial charge is 0.501 e. The van der Waals surface area contributed by atoms with Crippen molar-refractivity contribution < 1.29 is 9.84 Å². The predicted molar refractivity (Wildman–Crippen MR) is 57.7 cm³/mol. The van der Waals surface area contributed by atoms with E-state index in [1.165, 1.54) is 0 Å². The Morgan fingerprint density at radius 2 is 1.93 bits per heavy atom. The number of benzene rings is 1. The summed E-state index contributed by atoms with van der Waals surface area (Å²) in [6.45, 7) is 0.912. The van der Waals surface area contributed by atoms with Crippen LogP contribution in [0.3, 0.4) is 0 Å². The van der Waals surface area contributed by atoms with Gasteiger partial charge >= 0.3 is 0 Å². The van der Waals surface area contributed by atoms with Crippen LogP contribution >= 0.6 is 0 Å². The summed E-state index contributed by atoms with van der Waals surface area (Å²) in [6.07, 6.45) is 5.33. The monoisotopic (exact) mass is 192 g/mol. The second-order valence-corrected chi connectivity index (χ2v) is 3.01. The van der Waals surface area contributed by atoms with Crippen LogP contribution in [0.15, 0.2) is 36.6 Å². The summed E-state index contributed by atoms with van der Waals surface area (Å²) in [6, 6.07) is 10.0. The van der Waals surface area contributed by atoms with Crippen molar-refractivity contribution in [2.75, 3.05) is 13.2 Å². The van der Waals surface area contributed by atoms with Crippen LogP contribution in [0.25, 0.3) is 6.08 Å². The third-order valence-electron chi connectivity index (χ3n) is 1.83. The topological polar surface area (TPSA) is 29.5 Å². The molecule has 1 rings (SSSR count). The summed E-state index contributed by atoms with van der Waals surface area (Å²) < 4.78 is 5.25. The number of rotatable bonds is 6. The van der Waals surface area contributed by atoms with E-state index in [-0.39, 0.29) is 6.61 Å². The Morgan fingerprint density at radius 3 is 2.64 bits per heavy atom. The average molecular weight is 192 g/mol. The molecule has 1 aromatic rings. The fourth-order valence-corrected chi connectivity index (χ4v) is 1.06. The molecule has 0 aromatic heterocycles. The number of hydrogen-bond donors (Lipinski definition) is 1. The molecule has 0 unspecified atom stereocenters. The molecule has 0 amide bonds. The van der Waals surface area contributed by atoms with E-state index in [0.717, 1.165) is 18.4 Å². The third kappa shape index (κ3) is 4.67. The van der Waals surface area contributed by atoms with Gasteiger partial charge in [0.25, 0.3) is 0 Å². The molecule has 2 heteroatoms. The number of unbranched alkanes of at least 4 members (excludes halogenated alkanes) is 1. The first-order valence-corrected chi connectivity index (χ1v) is 4.87. The van der Waals surface area contributed by atoms with E-state index in [1.54, 1.807) is 6.26 Å². The van der Waals surface area contributed by atoms with Crippen LogP contribution in [0.5, 0.6) is 0 Å². The van der Waals surface area contributed by atoms with Gasteiger partial charge in [-0.05, 0) is 24.5 Å². The lowest BCUT2D eigenvalue weighted by Gasteiger charge is -1.98. The Hall–Kier alpha value is -1.28. The molecule has 0 atom stereocenters. The molecule has 0 spiro atoms. The van der Waals surface area contributed by atoms with Gasteiger partial charge in [0.15, 0.2) is 0 Å². The highest BCUT2D eigenvalue weighted by molar-refractivity contribution is 5.47. The molecule has 0 aliphatic heterocycles. The van der Waals surface area contributed by atoms with E-state index < -0.39 is 0 Å². The minimum Gasteiger partial charge on any atom is -0.501 e. The Kier molecular flexibility index (Phi) is 5.52. The van der Waals surface area contributed by atoms with Gasteiger partial charge in [0.2, 0.25) is 0 Å². The lowest BCUT2D eigenvalue weighted by Crippen LogP contribution is -1.90. The number of hydrogen-bond acceptors (Lipinski definition) is 2. The molecule has 0 radical (unpaired) electrons. The first-order chi connectivity index (χ1) is 6.93. The van der Waals surface area contributed by atoms with Crippen molar-refractivity contribution in [1.82, 2.24) is 0 Å². The molecule has 0 aliphatic carbocycles. The summed E-state index contributed by atoms with van der Waals surface area (Å²) >= 11 is 0. The average Bonchev–Trinajstić information content (AvgIpc) is 2.25. The SMILES string of the molecule is OCCCCOC=Cc1ccccc1. The van der Waals surface area contributed by atoms with Crippen molar-refractivity contribution >= 4 is 6.08 Å². The van der Waals surface area contributed by atoms with Gasteiger partial charge in [0.1, 0.15) is 0 Å². The number of aliphatic hydroxyl groups excluding tert-OH is 1. The van der Waals surface area contributed by atoms with Gasteiger partial charge in [-0.2, -0.15) is 0 Å². The van der Waals surface area contributed by atoms with Crippen LogP contribution in [0.2, 0.25) is 0 Å². The van der Waals surface area contributed by atoms with Gasteiger partial charge < -0.3 is 9.84 Å². The van der Waals surface area contributed by atoms with Crippen molar-refractivity contribution in [2.45, 2.75) is 12.8 Å². The Bertz CT molecular complexity index is 254. The highest BCUT2D eigenvalue weighted by atomic mass is 16.5. The highest BCUT2D eigenvalue weighted by Crippen LogP contribution is 2.01. The van der Waals surface area contributed by atoms with Gasteiger partial charge in [-0.25, -0.2) is 0 Å². The van der Waals surface area contributed by atoms with Crippen molar-refractivity contribution in [2.24, 2.45) is 0 Å². The molecule has 0 heterocycles. The highest BCUT2D eigenvalue weighted by Gasteiger charge is 1.85. The smallest absolute Gasteiger partial charge is 0.0874 e. The van der Waals surface area contributed by atoms with Crippen molar-refractivity contribution in [1.29, 1.82) is 0 Å². The van der Waals surface area contributed by atoms with E-state index in [1.807, 2.05) is 36.4 Å². The zero-order valence-corrected chi connectivity index (χ0v) is 8.23. The van der Waals surface area contributed by atoms with Gasteiger partial charge in [0.05, 0.1) is 12.9 Å². The molecule has 1 N–H and O–H groups in total. The quantitative estimate of drug-likeness (QED) is 0.554. The van der Waals surface area contributed by atoms with Crippen LogP contribution in [0.1, 0.15) is 18.4 Å². The van der Waals surface area contributed by atoms with E-state index >= 15 is 0 Å². The van der Waals surface area contributed by atoms with E-state index in [9.17, 15) is 0 Å². The van der Waals surface area contributed by atoms with Crippen LogP contribution < -0.4 is 0 Å². The van der Waals surface area contributed by atoms with Crippen LogP contribution in [-0.2, 0) is 4.74 Å². The summed E-state index contributed by atoms with van der Waals surface area (Å²) in [5, 5.41) is 8.53. The summed E-state index contributed by atoms with van der Waals surface area (Å²) in [7, 11) is 0. The molecule has 14 heavy (non-hydrogen) atoms. The van der Waals surface area contributed by atoms with Gasteiger partial charge in [-0.15, -0.1) is 0 Å². The van der Waals surface area contributed by atoms with Gasteiger partial charge in [-0.3, -0.25) is 0 Å². The normalized spacial score (nSPS) is 10.6. The molecule has 76 valence electrons. The Balaban J connectivity index is 2.15. The molecule has 1 aromatic carbocycles. The van der Waals surface area contributed by atoms with Crippen molar-refractivity contribution in [3.63, 3.8) is 0 Å². The maximum atomic E-state index is 8.53. The zero-order valence-electron chi connectivity index (χ0n) is 8.23. The summed E-state index contributed by atoms with van der Waals surface area (Å²) in [5.41, 5.74) is 1.13. The Labute approximate surface area is 84.8 Å². The number of ether oxygens (including phenoxy) is 1. The second kappa shape index (κ2) is 7.15. The molecule has 0 bridgehead atoms. The predicted octanol–water partition coefficient (Wildman–Crippen LogP) is 2.45. The fourth-order valence-electron chi connectivity index (χ4n) is 1.06. The second-order valence-electron chi connectivity index (χ2n) is 3.01. The van der Waals surface area contributed by atoms with Gasteiger partial charge in [0, 0.05) is 6.61 Å². The lowest BCUT2D eigenvalue weighted by molar-refractivity contribution is 0.220.